The number of hydrogen-bond acceptors (Lipinski definition) is 7. The second kappa shape index (κ2) is 10.2. The molecule has 0 spiro atoms. The van der Waals surface area contributed by atoms with Crippen LogP contribution in [0.4, 0.5) is 0 Å². The Hall–Kier alpha value is -3.17. The average Bonchev–Trinajstić information content (AvgIpc) is 3.46. The van der Waals surface area contributed by atoms with Gasteiger partial charge < -0.3 is 23.7 Å². The fourth-order valence-corrected chi connectivity index (χ4v) is 4.60. The van der Waals surface area contributed by atoms with Crippen molar-refractivity contribution in [2.45, 2.75) is 26.5 Å². The standard InChI is InChI=1S/C24H27N3O5S/c1-16-9-22(17(2)27(16)14-21-5-4-8-33-21)23(28)26-6-7-31-20(13-26)15-32-19-10-18(11-25-12-19)24(29)30-3/h4-5,8-12,20H,6-7,13-15H2,1-3H3. The zero-order chi connectivity index (χ0) is 23.4. The number of aryl methyl sites for hydroxylation is 1. The lowest BCUT2D eigenvalue weighted by atomic mass is 10.2. The van der Waals surface area contributed by atoms with E-state index in [0.29, 0.717) is 31.0 Å². The van der Waals surface area contributed by atoms with Crippen molar-refractivity contribution in [1.29, 1.82) is 0 Å². The third kappa shape index (κ3) is 5.26. The van der Waals surface area contributed by atoms with Crippen LogP contribution in [0, 0.1) is 13.8 Å². The van der Waals surface area contributed by atoms with Gasteiger partial charge in [-0.3, -0.25) is 9.78 Å². The molecule has 9 heteroatoms. The maximum Gasteiger partial charge on any atom is 0.339 e. The summed E-state index contributed by atoms with van der Waals surface area (Å²) in [5.74, 6) is -0.0272. The predicted molar refractivity (Wildman–Crippen MR) is 124 cm³/mol. The lowest BCUT2D eigenvalue weighted by molar-refractivity contribution is -0.0402. The van der Waals surface area contributed by atoms with E-state index in [1.165, 1.54) is 24.4 Å². The number of rotatable bonds is 7. The molecule has 174 valence electrons. The molecule has 1 aliphatic rings. The molecular weight excluding hydrogens is 442 g/mol. The van der Waals surface area contributed by atoms with Crippen LogP contribution in [0.15, 0.2) is 42.0 Å². The van der Waals surface area contributed by atoms with Gasteiger partial charge in [-0.2, -0.15) is 0 Å². The number of carbonyl (C=O) groups excluding carboxylic acids is 2. The number of ether oxygens (including phenoxy) is 3. The van der Waals surface area contributed by atoms with Crippen LogP contribution in [0.2, 0.25) is 0 Å². The smallest absolute Gasteiger partial charge is 0.339 e. The highest BCUT2D eigenvalue weighted by Crippen LogP contribution is 2.22. The van der Waals surface area contributed by atoms with Gasteiger partial charge in [0.25, 0.3) is 5.91 Å². The van der Waals surface area contributed by atoms with Gasteiger partial charge in [-0.15, -0.1) is 11.3 Å². The first-order chi connectivity index (χ1) is 16.0. The normalized spacial score (nSPS) is 16.0. The molecule has 1 unspecified atom stereocenters. The molecule has 1 aliphatic heterocycles. The van der Waals surface area contributed by atoms with Crippen molar-refractivity contribution < 1.29 is 23.8 Å². The van der Waals surface area contributed by atoms with E-state index < -0.39 is 5.97 Å². The monoisotopic (exact) mass is 469 g/mol. The zero-order valence-electron chi connectivity index (χ0n) is 18.9. The van der Waals surface area contributed by atoms with E-state index in [9.17, 15) is 9.59 Å². The van der Waals surface area contributed by atoms with Crippen molar-refractivity contribution in [3.05, 3.63) is 69.4 Å². The molecule has 4 heterocycles. The van der Waals surface area contributed by atoms with Gasteiger partial charge in [0, 0.05) is 29.0 Å². The summed E-state index contributed by atoms with van der Waals surface area (Å²) in [4.78, 5) is 32.1. The first kappa shape index (κ1) is 23.0. The summed E-state index contributed by atoms with van der Waals surface area (Å²) in [6.45, 7) is 6.43. The van der Waals surface area contributed by atoms with Gasteiger partial charge in [-0.1, -0.05) is 6.07 Å². The maximum atomic E-state index is 13.3. The van der Waals surface area contributed by atoms with E-state index >= 15 is 0 Å². The molecular formula is C24H27N3O5S. The minimum Gasteiger partial charge on any atom is -0.489 e. The van der Waals surface area contributed by atoms with Crippen LogP contribution in [0.3, 0.4) is 0 Å². The fourth-order valence-electron chi connectivity index (χ4n) is 3.91. The second-order valence-corrected chi connectivity index (χ2v) is 8.94. The Morgan fingerprint density at radius 1 is 1.27 bits per heavy atom. The van der Waals surface area contributed by atoms with E-state index in [0.717, 1.165) is 23.5 Å². The molecule has 1 fully saturated rings. The minimum absolute atomic E-state index is 0.00295. The largest absolute Gasteiger partial charge is 0.489 e. The number of nitrogens with zero attached hydrogens (tertiary/aromatic N) is 3. The molecule has 3 aromatic rings. The summed E-state index contributed by atoms with van der Waals surface area (Å²) in [5, 5.41) is 2.06. The Kier molecular flexibility index (Phi) is 7.10. The van der Waals surface area contributed by atoms with Crippen molar-refractivity contribution in [2.24, 2.45) is 0 Å². The van der Waals surface area contributed by atoms with Crippen LogP contribution in [0.25, 0.3) is 0 Å². The van der Waals surface area contributed by atoms with E-state index in [2.05, 4.69) is 21.0 Å². The molecule has 33 heavy (non-hydrogen) atoms. The van der Waals surface area contributed by atoms with Crippen LogP contribution >= 0.6 is 11.3 Å². The summed E-state index contributed by atoms with van der Waals surface area (Å²) < 4.78 is 18.5. The van der Waals surface area contributed by atoms with E-state index in [-0.39, 0.29) is 18.6 Å². The number of aromatic nitrogens is 2. The van der Waals surface area contributed by atoms with Crippen LogP contribution in [0.1, 0.15) is 37.0 Å². The van der Waals surface area contributed by atoms with Gasteiger partial charge in [0.1, 0.15) is 18.5 Å². The molecule has 0 bridgehead atoms. The van der Waals surface area contributed by atoms with Crippen molar-refractivity contribution in [1.82, 2.24) is 14.5 Å². The predicted octanol–water partition coefficient (Wildman–Crippen LogP) is 3.32. The topological polar surface area (TPSA) is 82.9 Å². The fraction of sp³-hybridized carbons (Fsp3) is 0.375. The molecule has 1 saturated heterocycles. The van der Waals surface area contributed by atoms with Crippen LogP contribution in [0.5, 0.6) is 5.75 Å². The molecule has 1 amide bonds. The Morgan fingerprint density at radius 3 is 2.88 bits per heavy atom. The molecule has 3 aromatic heterocycles. The molecule has 8 nitrogen and oxygen atoms in total. The molecule has 0 N–H and O–H groups in total. The van der Waals surface area contributed by atoms with Gasteiger partial charge in [-0.05, 0) is 37.4 Å². The second-order valence-electron chi connectivity index (χ2n) is 7.91. The summed E-state index contributed by atoms with van der Waals surface area (Å²) in [5.41, 5.74) is 3.07. The third-order valence-electron chi connectivity index (χ3n) is 5.69. The van der Waals surface area contributed by atoms with Crippen molar-refractivity contribution >= 4 is 23.2 Å². The average molecular weight is 470 g/mol. The molecule has 0 radical (unpaired) electrons. The molecule has 1 atom stereocenters. The van der Waals surface area contributed by atoms with Crippen molar-refractivity contribution in [3.8, 4) is 5.75 Å². The van der Waals surface area contributed by atoms with E-state index in [1.807, 2.05) is 30.9 Å². The highest BCUT2D eigenvalue weighted by Gasteiger charge is 2.28. The van der Waals surface area contributed by atoms with Gasteiger partial charge in [0.15, 0.2) is 0 Å². The quantitative estimate of drug-likeness (QED) is 0.494. The van der Waals surface area contributed by atoms with Crippen LogP contribution in [-0.4, -0.2) is 65.8 Å². The number of esters is 1. The van der Waals surface area contributed by atoms with Crippen molar-refractivity contribution in [3.63, 3.8) is 0 Å². The summed E-state index contributed by atoms with van der Waals surface area (Å²) in [6, 6.07) is 7.69. The Morgan fingerprint density at radius 2 is 2.12 bits per heavy atom. The first-order valence-electron chi connectivity index (χ1n) is 10.7. The lowest BCUT2D eigenvalue weighted by Crippen LogP contribution is -2.47. The number of morpholine rings is 1. The van der Waals surface area contributed by atoms with Crippen LogP contribution < -0.4 is 4.74 Å². The summed E-state index contributed by atoms with van der Waals surface area (Å²) in [7, 11) is 1.32. The number of thiophene rings is 1. The number of amides is 1. The van der Waals surface area contributed by atoms with Gasteiger partial charge >= 0.3 is 5.97 Å². The Balaban J connectivity index is 1.39. The molecule has 0 saturated carbocycles. The third-order valence-corrected chi connectivity index (χ3v) is 6.56. The number of carbonyl (C=O) groups is 2. The SMILES string of the molecule is COC(=O)c1cncc(OCC2CN(C(=O)c3cc(C)n(Cc4cccs4)c3C)CCO2)c1. The minimum atomic E-state index is -0.477. The van der Waals surface area contributed by atoms with Crippen molar-refractivity contribution in [2.75, 3.05) is 33.4 Å². The van der Waals surface area contributed by atoms with Gasteiger partial charge in [0.2, 0.25) is 0 Å². The zero-order valence-corrected chi connectivity index (χ0v) is 19.8. The highest BCUT2D eigenvalue weighted by atomic mass is 32.1. The first-order valence-corrected chi connectivity index (χ1v) is 11.6. The van der Waals surface area contributed by atoms with Gasteiger partial charge in [-0.25, -0.2) is 4.79 Å². The number of hydrogen-bond donors (Lipinski definition) is 0. The van der Waals surface area contributed by atoms with Gasteiger partial charge in [0.05, 0.1) is 44.1 Å². The summed E-state index contributed by atoms with van der Waals surface area (Å²) in [6.07, 6.45) is 2.67. The Bertz CT molecular complexity index is 1130. The lowest BCUT2D eigenvalue weighted by Gasteiger charge is -2.33. The van der Waals surface area contributed by atoms with E-state index in [4.69, 9.17) is 14.2 Å². The molecule has 4 rings (SSSR count). The molecule has 0 aromatic carbocycles. The number of methoxy groups -OCH3 is 1. The molecule has 0 aliphatic carbocycles. The summed E-state index contributed by atoms with van der Waals surface area (Å²) >= 11 is 1.71. The maximum absolute atomic E-state index is 13.3. The number of pyridine rings is 1. The van der Waals surface area contributed by atoms with E-state index in [1.54, 1.807) is 17.4 Å². The highest BCUT2D eigenvalue weighted by molar-refractivity contribution is 7.09. The van der Waals surface area contributed by atoms with Crippen LogP contribution in [-0.2, 0) is 16.0 Å². The Labute approximate surface area is 196 Å².